The number of nitrogens with two attached hydrogens (primary N) is 1. The summed E-state index contributed by atoms with van der Waals surface area (Å²) in [5, 5.41) is 0. The summed E-state index contributed by atoms with van der Waals surface area (Å²) in [5.41, 5.74) is 1.32. The molecule has 1 nitrogen and oxygen atoms in total. The topological polar surface area (TPSA) is 26.0 Å². The van der Waals surface area contributed by atoms with Gasteiger partial charge in [-0.25, -0.2) is 0 Å². The summed E-state index contributed by atoms with van der Waals surface area (Å²) in [6.45, 7) is 1.35. The molecule has 0 aliphatic carbocycles. The molecular weight excluding hydrogens is 248 g/mol. The highest BCUT2D eigenvalue weighted by molar-refractivity contribution is 5.54. The lowest BCUT2D eigenvalue weighted by molar-refractivity contribution is -0.141. The third-order valence-corrected chi connectivity index (χ3v) is 2.27. The van der Waals surface area contributed by atoms with Crippen LogP contribution in [0.2, 0.25) is 0 Å². The molecule has 0 radical (unpaired) electrons. The predicted octanol–water partition coefficient (Wildman–Crippen LogP) is 3.87. The number of halogens is 6. The molecule has 0 unspecified atom stereocenters. The minimum atomic E-state index is -4.75. The second kappa shape index (κ2) is 4.12. The number of hydrogen-bond acceptors (Lipinski definition) is 1. The highest BCUT2D eigenvalue weighted by Crippen LogP contribution is 2.40. The second-order valence-electron chi connectivity index (χ2n) is 3.45. The molecule has 0 atom stereocenters. The van der Waals surface area contributed by atoms with Crippen molar-refractivity contribution < 1.29 is 26.3 Å². The van der Waals surface area contributed by atoms with E-state index >= 15 is 0 Å². The Morgan fingerprint density at radius 3 is 1.76 bits per heavy atom. The first-order valence-electron chi connectivity index (χ1n) is 4.64. The summed E-state index contributed by atoms with van der Waals surface area (Å²) in [4.78, 5) is 0. The van der Waals surface area contributed by atoms with E-state index in [2.05, 4.69) is 0 Å². The Morgan fingerprint density at radius 1 is 0.941 bits per heavy atom. The number of anilines is 1. The number of alkyl halides is 6. The number of aryl methyl sites for hydroxylation is 1. The fourth-order valence-corrected chi connectivity index (χ4v) is 1.46. The Labute approximate surface area is 93.2 Å². The number of hydrogen-bond donors (Lipinski definition) is 1. The van der Waals surface area contributed by atoms with Crippen molar-refractivity contribution >= 4 is 5.69 Å². The standard InChI is InChI=1S/C10H9F6N/c1-2-5-3-7(10(14,15)16)8(17)4-6(5)9(11,12)13/h3-4H,2,17H2,1H3. The number of benzene rings is 1. The van der Waals surface area contributed by atoms with Crippen LogP contribution >= 0.6 is 0 Å². The lowest BCUT2D eigenvalue weighted by Crippen LogP contribution is -2.15. The van der Waals surface area contributed by atoms with E-state index < -0.39 is 34.7 Å². The van der Waals surface area contributed by atoms with Crippen LogP contribution in [0, 0.1) is 0 Å². The largest absolute Gasteiger partial charge is 0.418 e. The van der Waals surface area contributed by atoms with Crippen molar-refractivity contribution in [3.8, 4) is 0 Å². The van der Waals surface area contributed by atoms with Crippen LogP contribution in [0.1, 0.15) is 23.6 Å². The van der Waals surface area contributed by atoms with Crippen molar-refractivity contribution in [3.05, 3.63) is 28.8 Å². The monoisotopic (exact) mass is 257 g/mol. The molecule has 0 aliphatic heterocycles. The van der Waals surface area contributed by atoms with Gasteiger partial charge in [0.2, 0.25) is 0 Å². The van der Waals surface area contributed by atoms with Crippen molar-refractivity contribution in [2.24, 2.45) is 0 Å². The fourth-order valence-electron chi connectivity index (χ4n) is 1.46. The molecule has 1 aromatic carbocycles. The molecule has 1 rings (SSSR count). The molecule has 96 valence electrons. The van der Waals surface area contributed by atoms with Crippen LogP contribution in [0.4, 0.5) is 32.0 Å². The summed E-state index contributed by atoms with van der Waals surface area (Å²) in [6.07, 6.45) is -9.61. The quantitative estimate of drug-likeness (QED) is 0.599. The zero-order valence-electron chi connectivity index (χ0n) is 8.71. The maximum atomic E-state index is 12.5. The smallest absolute Gasteiger partial charge is 0.398 e. The van der Waals surface area contributed by atoms with Gasteiger partial charge in [-0.05, 0) is 24.1 Å². The summed E-state index contributed by atoms with van der Waals surface area (Å²) in [6, 6.07) is 0.791. The van der Waals surface area contributed by atoms with E-state index in [0.29, 0.717) is 12.1 Å². The van der Waals surface area contributed by atoms with Gasteiger partial charge in [-0.3, -0.25) is 0 Å². The number of nitrogen functional groups attached to an aromatic ring is 1. The summed E-state index contributed by atoms with van der Waals surface area (Å²) in [7, 11) is 0. The Balaban J connectivity index is 3.46. The third-order valence-electron chi connectivity index (χ3n) is 2.27. The Kier molecular flexibility index (Phi) is 3.31. The van der Waals surface area contributed by atoms with Gasteiger partial charge in [0.25, 0.3) is 0 Å². The normalized spacial score (nSPS) is 12.9. The van der Waals surface area contributed by atoms with E-state index in [1.54, 1.807) is 0 Å². The van der Waals surface area contributed by atoms with E-state index in [0.717, 1.165) is 0 Å². The van der Waals surface area contributed by atoms with E-state index in [1.807, 2.05) is 0 Å². The predicted molar refractivity (Wildman–Crippen MR) is 50.2 cm³/mol. The summed E-state index contributed by atoms with van der Waals surface area (Å²) < 4.78 is 74.8. The average Bonchev–Trinajstić information content (AvgIpc) is 2.14. The fraction of sp³-hybridized carbons (Fsp3) is 0.400. The molecule has 1 aromatic rings. The third kappa shape index (κ3) is 2.83. The Hall–Kier alpha value is -1.40. The van der Waals surface area contributed by atoms with Crippen molar-refractivity contribution in [3.63, 3.8) is 0 Å². The van der Waals surface area contributed by atoms with Gasteiger partial charge in [0.15, 0.2) is 0 Å². The lowest BCUT2D eigenvalue weighted by atomic mass is 9.99. The first-order valence-corrected chi connectivity index (χ1v) is 4.64. The van der Waals surface area contributed by atoms with E-state index in [1.165, 1.54) is 6.92 Å². The minimum absolute atomic E-state index is 0.155. The summed E-state index contributed by atoms with van der Waals surface area (Å²) in [5.74, 6) is 0. The van der Waals surface area contributed by atoms with Crippen LogP contribution in [-0.2, 0) is 18.8 Å². The Morgan fingerprint density at radius 2 is 1.41 bits per heavy atom. The van der Waals surface area contributed by atoms with Crippen LogP contribution in [0.15, 0.2) is 12.1 Å². The van der Waals surface area contributed by atoms with Crippen molar-refractivity contribution in [2.45, 2.75) is 25.7 Å². The maximum Gasteiger partial charge on any atom is 0.418 e. The van der Waals surface area contributed by atoms with Gasteiger partial charge in [0.05, 0.1) is 11.1 Å². The SMILES string of the molecule is CCc1cc(C(F)(F)F)c(N)cc1C(F)(F)F. The highest BCUT2D eigenvalue weighted by atomic mass is 19.4. The van der Waals surface area contributed by atoms with Gasteiger partial charge in [0.1, 0.15) is 0 Å². The van der Waals surface area contributed by atoms with E-state index in [4.69, 9.17) is 5.73 Å². The van der Waals surface area contributed by atoms with Gasteiger partial charge in [-0.15, -0.1) is 0 Å². The van der Waals surface area contributed by atoms with Crippen molar-refractivity contribution in [1.29, 1.82) is 0 Å². The van der Waals surface area contributed by atoms with Gasteiger partial charge in [-0.2, -0.15) is 26.3 Å². The molecule has 7 heteroatoms. The molecule has 0 saturated carbocycles. The molecule has 0 heterocycles. The van der Waals surface area contributed by atoms with Crippen LogP contribution in [0.25, 0.3) is 0 Å². The maximum absolute atomic E-state index is 12.5. The molecule has 17 heavy (non-hydrogen) atoms. The Bertz CT molecular complexity index is 418. The van der Waals surface area contributed by atoms with E-state index in [9.17, 15) is 26.3 Å². The molecule has 0 spiro atoms. The lowest BCUT2D eigenvalue weighted by Gasteiger charge is -2.17. The van der Waals surface area contributed by atoms with Crippen molar-refractivity contribution in [1.82, 2.24) is 0 Å². The van der Waals surface area contributed by atoms with Gasteiger partial charge >= 0.3 is 12.4 Å². The zero-order chi connectivity index (χ0) is 13.4. The molecule has 0 bridgehead atoms. The molecule has 0 aromatic heterocycles. The van der Waals surface area contributed by atoms with Crippen LogP contribution < -0.4 is 5.73 Å². The first kappa shape index (κ1) is 13.7. The van der Waals surface area contributed by atoms with Gasteiger partial charge < -0.3 is 5.73 Å². The van der Waals surface area contributed by atoms with E-state index in [-0.39, 0.29) is 6.42 Å². The molecule has 2 N–H and O–H groups in total. The molecule has 0 fully saturated rings. The molecule has 0 amide bonds. The first-order chi connectivity index (χ1) is 7.57. The van der Waals surface area contributed by atoms with Gasteiger partial charge in [-0.1, -0.05) is 6.92 Å². The molecule has 0 aliphatic rings. The van der Waals surface area contributed by atoms with Crippen LogP contribution in [0.5, 0.6) is 0 Å². The number of rotatable bonds is 1. The average molecular weight is 257 g/mol. The molecular formula is C10H9F6N. The van der Waals surface area contributed by atoms with Gasteiger partial charge in [0, 0.05) is 5.69 Å². The van der Waals surface area contributed by atoms with Crippen molar-refractivity contribution in [2.75, 3.05) is 5.73 Å². The van der Waals surface area contributed by atoms with Crippen LogP contribution in [0.3, 0.4) is 0 Å². The molecule has 0 saturated heterocycles. The highest BCUT2D eigenvalue weighted by Gasteiger charge is 2.38. The second-order valence-corrected chi connectivity index (χ2v) is 3.45. The van der Waals surface area contributed by atoms with Crippen LogP contribution in [-0.4, -0.2) is 0 Å². The minimum Gasteiger partial charge on any atom is -0.398 e. The zero-order valence-corrected chi connectivity index (χ0v) is 8.71. The summed E-state index contributed by atoms with van der Waals surface area (Å²) >= 11 is 0.